The maximum atomic E-state index is 13.2. The van der Waals surface area contributed by atoms with Crippen LogP contribution in [0.25, 0.3) is 11.0 Å². The molecule has 2 fully saturated rings. The zero-order valence-electron chi connectivity index (χ0n) is 17.8. The second-order valence-electron chi connectivity index (χ2n) is 8.99. The number of sulfone groups is 1. The Kier molecular flexibility index (Phi) is 6.21. The molecule has 1 aromatic heterocycles. The van der Waals surface area contributed by atoms with Crippen LogP contribution >= 0.6 is 0 Å². The molecule has 2 aliphatic rings. The molecule has 0 atom stereocenters. The highest BCUT2D eigenvalue weighted by molar-refractivity contribution is 7.89. The van der Waals surface area contributed by atoms with Crippen molar-refractivity contribution in [1.82, 2.24) is 10.2 Å². The lowest BCUT2D eigenvalue weighted by atomic mass is 9.79. The van der Waals surface area contributed by atoms with E-state index < -0.39 is 9.84 Å². The van der Waals surface area contributed by atoms with Crippen LogP contribution in [-0.4, -0.2) is 50.7 Å². The first-order valence-corrected chi connectivity index (χ1v) is 13.2. The van der Waals surface area contributed by atoms with Gasteiger partial charge < -0.3 is 9.73 Å². The van der Waals surface area contributed by atoms with Crippen LogP contribution in [0.1, 0.15) is 67.5 Å². The Morgan fingerprint density at radius 2 is 1.73 bits per heavy atom. The Bertz CT molecular complexity index is 999. The molecule has 2 heterocycles. The summed E-state index contributed by atoms with van der Waals surface area (Å²) in [5.74, 6) is -0.387. The van der Waals surface area contributed by atoms with E-state index in [0.29, 0.717) is 23.1 Å². The number of rotatable bonds is 6. The summed E-state index contributed by atoms with van der Waals surface area (Å²) in [6.45, 7) is 2.78. The Balaban J connectivity index is 1.58. The number of furan rings is 1. The minimum Gasteiger partial charge on any atom is -0.451 e. The van der Waals surface area contributed by atoms with Gasteiger partial charge in [0, 0.05) is 29.3 Å². The topological polar surface area (TPSA) is 79.6 Å². The van der Waals surface area contributed by atoms with Gasteiger partial charge in [0.1, 0.15) is 5.58 Å². The number of amides is 1. The smallest absolute Gasteiger partial charge is 0.287 e. The van der Waals surface area contributed by atoms with Crippen molar-refractivity contribution in [3.05, 3.63) is 35.6 Å². The minimum atomic E-state index is -3.31. The van der Waals surface area contributed by atoms with E-state index in [2.05, 4.69) is 10.2 Å². The average molecular weight is 433 g/mol. The Hall–Kier alpha value is -1.86. The van der Waals surface area contributed by atoms with Crippen molar-refractivity contribution in [3.63, 3.8) is 0 Å². The Morgan fingerprint density at radius 1 is 1.07 bits per heavy atom. The number of para-hydroxylation sites is 1. The molecule has 0 unspecified atom stereocenters. The zero-order chi connectivity index (χ0) is 21.2. The first kappa shape index (κ1) is 21.4. The fourth-order valence-corrected chi connectivity index (χ4v) is 6.01. The van der Waals surface area contributed by atoms with Gasteiger partial charge in [-0.2, -0.15) is 0 Å². The van der Waals surface area contributed by atoms with Crippen molar-refractivity contribution >= 4 is 26.7 Å². The lowest BCUT2D eigenvalue weighted by molar-refractivity contribution is 0.0323. The summed E-state index contributed by atoms with van der Waals surface area (Å²) >= 11 is 0. The lowest BCUT2D eigenvalue weighted by Crippen LogP contribution is -2.58. The summed E-state index contributed by atoms with van der Waals surface area (Å²) in [5, 5.41) is 3.82. The monoisotopic (exact) mass is 432 g/mol. The molecule has 7 heteroatoms. The summed E-state index contributed by atoms with van der Waals surface area (Å²) < 4.78 is 29.8. The molecular weight excluding hydrogens is 400 g/mol. The van der Waals surface area contributed by atoms with Crippen LogP contribution < -0.4 is 5.32 Å². The molecule has 1 saturated carbocycles. The molecule has 2 aromatic rings. The fourth-order valence-electron chi connectivity index (χ4n) is 5.20. The molecule has 1 aliphatic carbocycles. The van der Waals surface area contributed by atoms with Crippen molar-refractivity contribution in [2.24, 2.45) is 0 Å². The van der Waals surface area contributed by atoms with Gasteiger partial charge in [-0.1, -0.05) is 43.9 Å². The minimum absolute atomic E-state index is 0.0113. The lowest BCUT2D eigenvalue weighted by Gasteiger charge is -2.48. The van der Waals surface area contributed by atoms with E-state index in [0.717, 1.165) is 25.9 Å². The van der Waals surface area contributed by atoms with Crippen molar-refractivity contribution < 1.29 is 17.6 Å². The SMILES string of the molecule is CS(=O)(=O)Cc1c(C(=O)NCC2(N3CCCCC3)CCCCC2)oc2ccccc12. The molecule has 0 bridgehead atoms. The number of nitrogens with one attached hydrogen (secondary N) is 1. The van der Waals surface area contributed by atoms with Crippen LogP contribution in [-0.2, 0) is 15.6 Å². The number of hydrogen-bond donors (Lipinski definition) is 1. The number of likely N-dealkylation sites (tertiary alicyclic amines) is 1. The Morgan fingerprint density at radius 3 is 2.43 bits per heavy atom. The molecule has 164 valence electrons. The van der Waals surface area contributed by atoms with Gasteiger partial charge in [-0.15, -0.1) is 0 Å². The third kappa shape index (κ3) is 4.57. The van der Waals surface area contributed by atoms with E-state index in [1.165, 1.54) is 44.8 Å². The number of carbonyl (C=O) groups is 1. The zero-order valence-corrected chi connectivity index (χ0v) is 18.6. The van der Waals surface area contributed by atoms with Gasteiger partial charge >= 0.3 is 0 Å². The molecule has 0 spiro atoms. The predicted molar refractivity (Wildman–Crippen MR) is 118 cm³/mol. The highest BCUT2D eigenvalue weighted by atomic mass is 32.2. The van der Waals surface area contributed by atoms with E-state index in [1.807, 2.05) is 18.2 Å². The highest BCUT2D eigenvalue weighted by Crippen LogP contribution is 2.35. The van der Waals surface area contributed by atoms with Crippen LogP contribution in [0.4, 0.5) is 0 Å². The van der Waals surface area contributed by atoms with Crippen LogP contribution in [0.2, 0.25) is 0 Å². The van der Waals surface area contributed by atoms with Gasteiger partial charge in [-0.05, 0) is 44.8 Å². The van der Waals surface area contributed by atoms with Gasteiger partial charge in [0.05, 0.1) is 5.75 Å². The summed E-state index contributed by atoms with van der Waals surface area (Å²) in [5.41, 5.74) is 1.02. The van der Waals surface area contributed by atoms with Gasteiger partial charge in [-0.3, -0.25) is 9.69 Å². The normalized spacial score (nSPS) is 20.3. The standard InChI is InChI=1S/C23H32N2O4S/c1-30(27,28)16-19-18-10-4-5-11-20(18)29-21(19)22(26)24-17-23(12-6-2-7-13-23)25-14-8-3-9-15-25/h4-5,10-11H,2-3,6-9,12-17H2,1H3,(H,24,26). The number of piperidine rings is 1. The van der Waals surface area contributed by atoms with Crippen LogP contribution in [0.5, 0.6) is 0 Å². The predicted octanol–water partition coefficient (Wildman–Crippen LogP) is 3.90. The number of hydrogen-bond acceptors (Lipinski definition) is 5. The molecule has 1 N–H and O–H groups in total. The summed E-state index contributed by atoms with van der Waals surface area (Å²) in [6, 6.07) is 7.24. The maximum Gasteiger partial charge on any atom is 0.287 e. The maximum absolute atomic E-state index is 13.2. The van der Waals surface area contributed by atoms with Crippen molar-refractivity contribution in [3.8, 4) is 0 Å². The third-order valence-corrected chi connectivity index (χ3v) is 7.51. The summed E-state index contributed by atoms with van der Waals surface area (Å²) in [6.07, 6.45) is 10.7. The summed E-state index contributed by atoms with van der Waals surface area (Å²) in [7, 11) is -3.31. The first-order chi connectivity index (χ1) is 14.4. The second kappa shape index (κ2) is 8.71. The number of carbonyl (C=O) groups excluding carboxylic acids is 1. The molecule has 1 aromatic carbocycles. The van der Waals surface area contributed by atoms with E-state index in [4.69, 9.17) is 4.42 Å². The third-order valence-electron chi connectivity index (χ3n) is 6.70. The van der Waals surface area contributed by atoms with Gasteiger partial charge in [0.25, 0.3) is 5.91 Å². The highest BCUT2D eigenvalue weighted by Gasteiger charge is 2.39. The molecular formula is C23H32N2O4S. The van der Waals surface area contributed by atoms with E-state index in [1.54, 1.807) is 6.07 Å². The quantitative estimate of drug-likeness (QED) is 0.749. The van der Waals surface area contributed by atoms with Gasteiger partial charge in [0.2, 0.25) is 0 Å². The molecule has 0 radical (unpaired) electrons. The number of benzene rings is 1. The number of nitrogens with zero attached hydrogens (tertiary/aromatic N) is 1. The second-order valence-corrected chi connectivity index (χ2v) is 11.1. The van der Waals surface area contributed by atoms with Gasteiger partial charge in [0.15, 0.2) is 15.6 Å². The largest absolute Gasteiger partial charge is 0.451 e. The molecule has 1 aliphatic heterocycles. The van der Waals surface area contributed by atoms with E-state index >= 15 is 0 Å². The molecule has 1 saturated heterocycles. The van der Waals surface area contributed by atoms with E-state index in [9.17, 15) is 13.2 Å². The van der Waals surface area contributed by atoms with Crippen molar-refractivity contribution in [2.75, 3.05) is 25.9 Å². The fraction of sp³-hybridized carbons (Fsp3) is 0.609. The van der Waals surface area contributed by atoms with Crippen LogP contribution in [0.15, 0.2) is 28.7 Å². The van der Waals surface area contributed by atoms with Gasteiger partial charge in [-0.25, -0.2) is 8.42 Å². The summed E-state index contributed by atoms with van der Waals surface area (Å²) in [4.78, 5) is 15.8. The van der Waals surface area contributed by atoms with Crippen LogP contribution in [0, 0.1) is 0 Å². The molecule has 1 amide bonds. The van der Waals surface area contributed by atoms with Crippen molar-refractivity contribution in [1.29, 1.82) is 0 Å². The van der Waals surface area contributed by atoms with Crippen molar-refractivity contribution in [2.45, 2.75) is 62.7 Å². The first-order valence-electron chi connectivity index (χ1n) is 11.1. The molecule has 4 rings (SSSR count). The number of fused-ring (bicyclic) bond motifs is 1. The average Bonchev–Trinajstić information content (AvgIpc) is 3.10. The Labute approximate surface area is 178 Å². The molecule has 6 nitrogen and oxygen atoms in total. The molecule has 30 heavy (non-hydrogen) atoms. The van der Waals surface area contributed by atoms with E-state index in [-0.39, 0.29) is 23.0 Å². The van der Waals surface area contributed by atoms with Crippen LogP contribution in [0.3, 0.4) is 0 Å².